The van der Waals surface area contributed by atoms with Crippen molar-refractivity contribution in [2.75, 3.05) is 31.5 Å². The summed E-state index contributed by atoms with van der Waals surface area (Å²) in [6.45, 7) is 7.92. The summed E-state index contributed by atoms with van der Waals surface area (Å²) in [5.41, 5.74) is 0.0110. The number of anilines is 1. The molecule has 2 aliphatic heterocycles. The van der Waals surface area contributed by atoms with E-state index in [1.165, 1.54) is 4.90 Å². The van der Waals surface area contributed by atoms with Gasteiger partial charge < -0.3 is 20.2 Å². The van der Waals surface area contributed by atoms with Gasteiger partial charge in [-0.15, -0.1) is 0 Å². The highest BCUT2D eigenvalue weighted by molar-refractivity contribution is 6.03. The van der Waals surface area contributed by atoms with Crippen molar-refractivity contribution in [2.24, 2.45) is 17.3 Å². The van der Waals surface area contributed by atoms with Crippen molar-refractivity contribution in [2.45, 2.75) is 33.6 Å². The van der Waals surface area contributed by atoms with E-state index in [2.05, 4.69) is 19.2 Å². The molecule has 1 aromatic carbocycles. The smallest absolute Gasteiger partial charge is 0.321 e. The Morgan fingerprint density at radius 2 is 1.75 bits per heavy atom. The quantitative estimate of drug-likeness (QED) is 0.834. The van der Waals surface area contributed by atoms with Crippen LogP contribution in [-0.4, -0.2) is 59.0 Å². The SMILES string of the molecule is CC1CC(C)CN(C(=O)c2ccccc2NC(=O)N2CCC(C)(C(=O)O)C2)C1. The van der Waals surface area contributed by atoms with Crippen LogP contribution in [0.15, 0.2) is 24.3 Å². The molecule has 0 aromatic heterocycles. The van der Waals surface area contributed by atoms with E-state index in [1.807, 2.05) is 4.90 Å². The van der Waals surface area contributed by atoms with Gasteiger partial charge >= 0.3 is 12.0 Å². The number of nitrogens with zero attached hydrogens (tertiary/aromatic N) is 2. The summed E-state index contributed by atoms with van der Waals surface area (Å²) in [5, 5.41) is 12.2. The lowest BCUT2D eigenvalue weighted by atomic mass is 9.90. The average molecular weight is 387 g/mol. The van der Waals surface area contributed by atoms with Crippen molar-refractivity contribution in [1.29, 1.82) is 0 Å². The molecule has 2 N–H and O–H groups in total. The Bertz CT molecular complexity index is 771. The minimum atomic E-state index is -0.924. The first kappa shape index (κ1) is 20.2. The largest absolute Gasteiger partial charge is 0.481 e. The Morgan fingerprint density at radius 1 is 1.11 bits per heavy atom. The molecule has 7 nitrogen and oxygen atoms in total. The molecule has 2 aliphatic rings. The minimum Gasteiger partial charge on any atom is -0.481 e. The van der Waals surface area contributed by atoms with E-state index >= 15 is 0 Å². The number of carbonyl (C=O) groups excluding carboxylic acids is 2. The van der Waals surface area contributed by atoms with Crippen molar-refractivity contribution >= 4 is 23.6 Å². The molecule has 0 aliphatic carbocycles. The number of carboxylic acid groups (broad SMARTS) is 1. The lowest BCUT2D eigenvalue weighted by Crippen LogP contribution is -2.43. The van der Waals surface area contributed by atoms with Gasteiger partial charge in [-0.2, -0.15) is 0 Å². The zero-order chi connectivity index (χ0) is 20.5. The van der Waals surface area contributed by atoms with E-state index in [-0.39, 0.29) is 18.5 Å². The first-order valence-electron chi connectivity index (χ1n) is 9.87. The highest BCUT2D eigenvalue weighted by Gasteiger charge is 2.42. The number of urea groups is 1. The van der Waals surface area contributed by atoms with Gasteiger partial charge in [0.05, 0.1) is 16.7 Å². The maximum Gasteiger partial charge on any atom is 0.321 e. The maximum absolute atomic E-state index is 13.1. The van der Waals surface area contributed by atoms with Crippen molar-refractivity contribution in [3.8, 4) is 0 Å². The van der Waals surface area contributed by atoms with E-state index < -0.39 is 11.4 Å². The summed E-state index contributed by atoms with van der Waals surface area (Å²) in [5.74, 6) is -0.0710. The zero-order valence-corrected chi connectivity index (χ0v) is 16.8. The monoisotopic (exact) mass is 387 g/mol. The molecule has 152 valence electrons. The third kappa shape index (κ3) is 4.13. The highest BCUT2D eigenvalue weighted by Crippen LogP contribution is 2.31. The molecule has 2 heterocycles. The Kier molecular flexibility index (Phi) is 5.63. The molecular weight excluding hydrogens is 358 g/mol. The Labute approximate surface area is 165 Å². The molecule has 7 heteroatoms. The number of aliphatic carboxylic acids is 1. The van der Waals surface area contributed by atoms with Crippen LogP contribution in [0.3, 0.4) is 0 Å². The fourth-order valence-electron chi connectivity index (χ4n) is 4.28. The topological polar surface area (TPSA) is 90.0 Å². The van der Waals surface area contributed by atoms with Crippen LogP contribution in [0.25, 0.3) is 0 Å². The molecule has 1 aromatic rings. The molecule has 3 atom stereocenters. The second-order valence-corrected chi connectivity index (χ2v) is 8.67. The molecule has 3 unspecified atom stereocenters. The van der Waals surface area contributed by atoms with E-state index in [0.717, 1.165) is 6.42 Å². The number of hydrogen-bond donors (Lipinski definition) is 2. The predicted molar refractivity (Wildman–Crippen MR) is 106 cm³/mol. The Balaban J connectivity index is 1.73. The Hall–Kier alpha value is -2.57. The average Bonchev–Trinajstić information content (AvgIpc) is 3.05. The number of carbonyl (C=O) groups is 3. The summed E-state index contributed by atoms with van der Waals surface area (Å²) in [7, 11) is 0. The zero-order valence-electron chi connectivity index (χ0n) is 16.8. The van der Waals surface area contributed by atoms with Crippen molar-refractivity contribution in [3.05, 3.63) is 29.8 Å². The van der Waals surface area contributed by atoms with Gasteiger partial charge in [0.1, 0.15) is 0 Å². The van der Waals surface area contributed by atoms with Crippen LogP contribution in [0.4, 0.5) is 10.5 Å². The minimum absolute atomic E-state index is 0.0777. The van der Waals surface area contributed by atoms with Gasteiger partial charge in [0.15, 0.2) is 0 Å². The number of rotatable bonds is 3. The number of piperidine rings is 1. The van der Waals surface area contributed by atoms with E-state index in [1.54, 1.807) is 31.2 Å². The van der Waals surface area contributed by atoms with Crippen molar-refractivity contribution in [3.63, 3.8) is 0 Å². The lowest BCUT2D eigenvalue weighted by Gasteiger charge is -2.35. The van der Waals surface area contributed by atoms with E-state index in [4.69, 9.17) is 0 Å². The van der Waals surface area contributed by atoms with Crippen molar-refractivity contribution in [1.82, 2.24) is 9.80 Å². The highest BCUT2D eigenvalue weighted by atomic mass is 16.4. The van der Waals surface area contributed by atoms with Gasteiger partial charge in [-0.25, -0.2) is 4.79 Å². The third-order valence-corrected chi connectivity index (χ3v) is 5.83. The Morgan fingerprint density at radius 3 is 2.36 bits per heavy atom. The molecular formula is C21H29N3O4. The van der Waals surface area contributed by atoms with Crippen LogP contribution in [0, 0.1) is 17.3 Å². The van der Waals surface area contributed by atoms with Crippen LogP contribution in [-0.2, 0) is 4.79 Å². The second-order valence-electron chi connectivity index (χ2n) is 8.67. The molecule has 0 bridgehead atoms. The lowest BCUT2D eigenvalue weighted by molar-refractivity contribution is -0.146. The molecule has 3 rings (SSSR count). The number of nitrogens with one attached hydrogen (secondary N) is 1. The fraction of sp³-hybridized carbons (Fsp3) is 0.571. The molecule has 0 saturated carbocycles. The summed E-state index contributed by atoms with van der Waals surface area (Å²) >= 11 is 0. The molecule has 0 spiro atoms. The second kappa shape index (κ2) is 7.81. The first-order valence-corrected chi connectivity index (χ1v) is 9.87. The summed E-state index contributed by atoms with van der Waals surface area (Å²) in [4.78, 5) is 40.5. The summed E-state index contributed by atoms with van der Waals surface area (Å²) in [6.07, 6.45) is 1.53. The molecule has 28 heavy (non-hydrogen) atoms. The van der Waals surface area contributed by atoms with Gasteiger partial charge in [0, 0.05) is 26.2 Å². The predicted octanol–water partition coefficient (Wildman–Crippen LogP) is 3.13. The molecule has 3 amide bonds. The summed E-state index contributed by atoms with van der Waals surface area (Å²) in [6, 6.07) is 6.64. The van der Waals surface area contributed by atoms with Crippen LogP contribution in [0.5, 0.6) is 0 Å². The number of para-hydroxylation sites is 1. The van der Waals surface area contributed by atoms with Crippen LogP contribution < -0.4 is 5.32 Å². The van der Waals surface area contributed by atoms with Gasteiger partial charge in [-0.05, 0) is 43.7 Å². The van der Waals surface area contributed by atoms with Crippen LogP contribution in [0.2, 0.25) is 0 Å². The number of benzene rings is 1. The van der Waals surface area contributed by atoms with Gasteiger partial charge in [-0.1, -0.05) is 26.0 Å². The molecule has 2 fully saturated rings. The van der Waals surface area contributed by atoms with Crippen LogP contribution >= 0.6 is 0 Å². The van der Waals surface area contributed by atoms with Crippen LogP contribution in [0.1, 0.15) is 44.0 Å². The molecule has 2 saturated heterocycles. The molecule has 0 radical (unpaired) electrons. The number of carboxylic acids is 1. The standard InChI is InChI=1S/C21H29N3O4/c1-14-10-15(2)12-24(11-14)18(25)16-6-4-5-7-17(16)22-20(28)23-9-8-21(3,13-23)19(26)27/h4-7,14-15H,8-13H2,1-3H3,(H,22,28)(H,26,27). The van der Waals surface area contributed by atoms with Gasteiger partial charge in [-0.3, -0.25) is 9.59 Å². The number of likely N-dealkylation sites (tertiary alicyclic amines) is 2. The van der Waals surface area contributed by atoms with Gasteiger partial charge in [0.25, 0.3) is 5.91 Å². The number of hydrogen-bond acceptors (Lipinski definition) is 3. The fourth-order valence-corrected chi connectivity index (χ4v) is 4.28. The number of amides is 3. The first-order chi connectivity index (χ1) is 13.2. The maximum atomic E-state index is 13.1. The third-order valence-electron chi connectivity index (χ3n) is 5.83. The van der Waals surface area contributed by atoms with Crippen molar-refractivity contribution < 1.29 is 19.5 Å². The van der Waals surface area contributed by atoms with E-state index in [0.29, 0.717) is 49.1 Å². The van der Waals surface area contributed by atoms with Gasteiger partial charge in [0.2, 0.25) is 0 Å². The summed E-state index contributed by atoms with van der Waals surface area (Å²) < 4.78 is 0. The van der Waals surface area contributed by atoms with E-state index in [9.17, 15) is 19.5 Å². The normalized spacial score (nSPS) is 27.5.